The largest absolute Gasteiger partial charge is 0.325 e. The Morgan fingerprint density at radius 3 is 2.70 bits per heavy atom. The lowest BCUT2D eigenvalue weighted by Gasteiger charge is -2.05. The molecule has 0 aliphatic heterocycles. The summed E-state index contributed by atoms with van der Waals surface area (Å²) in [5.41, 5.74) is 3.12. The Morgan fingerprint density at radius 1 is 1.15 bits per heavy atom. The minimum absolute atomic E-state index is 0.136. The average Bonchev–Trinajstić information content (AvgIpc) is 3.01. The quantitative estimate of drug-likeness (QED) is 0.531. The minimum atomic E-state index is -0.346. The Balaban J connectivity index is 1.53. The number of fused-ring (bicyclic) bond motifs is 3. The first kappa shape index (κ1) is 17.4. The predicted molar refractivity (Wildman–Crippen MR) is 104 cm³/mol. The van der Waals surface area contributed by atoms with Crippen molar-refractivity contribution in [3.8, 4) is 0 Å². The first-order chi connectivity index (χ1) is 13.2. The molecule has 27 heavy (non-hydrogen) atoms. The molecule has 1 amide bonds. The lowest BCUT2D eigenvalue weighted by atomic mass is 10.2. The number of hydrogen-bond donors (Lipinski definition) is 1. The van der Waals surface area contributed by atoms with E-state index in [0.29, 0.717) is 10.8 Å². The van der Waals surface area contributed by atoms with Crippen LogP contribution in [-0.2, 0) is 11.3 Å². The Hall–Kier alpha value is -3.00. The van der Waals surface area contributed by atoms with Crippen LogP contribution in [0, 0.1) is 5.82 Å². The standard InChI is InChI=1S/C19H16FN5OS/c1-2-25-15-6-4-3-5-14(15)17-18(25)22-19(24-23-17)27-11-16(26)21-13-9-7-12(20)8-10-13/h3-10H,2,11H2,1H3,(H,21,26). The monoisotopic (exact) mass is 381 g/mol. The lowest BCUT2D eigenvalue weighted by molar-refractivity contribution is -0.113. The maximum absolute atomic E-state index is 12.9. The highest BCUT2D eigenvalue weighted by molar-refractivity contribution is 7.99. The zero-order chi connectivity index (χ0) is 18.8. The van der Waals surface area contributed by atoms with Crippen molar-refractivity contribution < 1.29 is 9.18 Å². The summed E-state index contributed by atoms with van der Waals surface area (Å²) in [5, 5.41) is 12.6. The summed E-state index contributed by atoms with van der Waals surface area (Å²) < 4.78 is 15.0. The summed E-state index contributed by atoms with van der Waals surface area (Å²) in [5.74, 6) is -0.426. The molecule has 4 aromatic rings. The van der Waals surface area contributed by atoms with Gasteiger partial charge in [-0.3, -0.25) is 4.79 Å². The molecular formula is C19H16FN5OS. The molecule has 2 heterocycles. The van der Waals surface area contributed by atoms with E-state index in [0.717, 1.165) is 28.6 Å². The highest BCUT2D eigenvalue weighted by Crippen LogP contribution is 2.27. The van der Waals surface area contributed by atoms with E-state index in [2.05, 4.69) is 32.0 Å². The molecule has 0 radical (unpaired) electrons. The van der Waals surface area contributed by atoms with Gasteiger partial charge in [-0.25, -0.2) is 9.37 Å². The van der Waals surface area contributed by atoms with Gasteiger partial charge in [-0.15, -0.1) is 10.2 Å². The fourth-order valence-electron chi connectivity index (χ4n) is 2.93. The van der Waals surface area contributed by atoms with Gasteiger partial charge in [0.2, 0.25) is 11.1 Å². The molecule has 8 heteroatoms. The molecule has 136 valence electrons. The maximum atomic E-state index is 12.9. The van der Waals surface area contributed by atoms with Crippen LogP contribution in [0.1, 0.15) is 6.92 Å². The van der Waals surface area contributed by atoms with E-state index in [1.54, 1.807) is 0 Å². The number of thioether (sulfide) groups is 1. The smallest absolute Gasteiger partial charge is 0.234 e. The zero-order valence-corrected chi connectivity index (χ0v) is 15.3. The third-order valence-electron chi connectivity index (χ3n) is 4.13. The van der Waals surface area contributed by atoms with Crippen molar-refractivity contribution >= 4 is 45.4 Å². The molecule has 1 N–H and O–H groups in total. The van der Waals surface area contributed by atoms with Crippen LogP contribution >= 0.6 is 11.8 Å². The van der Waals surface area contributed by atoms with Crippen LogP contribution in [0.4, 0.5) is 10.1 Å². The number of carbonyl (C=O) groups excluding carboxylic acids is 1. The fraction of sp³-hybridized carbons (Fsp3) is 0.158. The number of nitrogens with zero attached hydrogens (tertiary/aromatic N) is 4. The van der Waals surface area contributed by atoms with Gasteiger partial charge in [-0.2, -0.15) is 0 Å². The number of aromatic nitrogens is 4. The summed E-state index contributed by atoms with van der Waals surface area (Å²) in [4.78, 5) is 16.7. The van der Waals surface area contributed by atoms with Crippen LogP contribution < -0.4 is 5.32 Å². The lowest BCUT2D eigenvalue weighted by Crippen LogP contribution is -2.14. The van der Waals surface area contributed by atoms with Crippen molar-refractivity contribution in [2.45, 2.75) is 18.6 Å². The summed E-state index contributed by atoms with van der Waals surface area (Å²) in [6.45, 7) is 2.81. The third-order valence-corrected chi connectivity index (χ3v) is 4.97. The Bertz CT molecular complexity index is 1130. The van der Waals surface area contributed by atoms with Crippen LogP contribution in [-0.4, -0.2) is 31.4 Å². The molecule has 0 fully saturated rings. The van der Waals surface area contributed by atoms with Crippen molar-refractivity contribution in [1.82, 2.24) is 19.7 Å². The van der Waals surface area contributed by atoms with E-state index in [1.165, 1.54) is 36.0 Å². The van der Waals surface area contributed by atoms with E-state index >= 15 is 0 Å². The van der Waals surface area contributed by atoms with Crippen molar-refractivity contribution in [3.63, 3.8) is 0 Å². The summed E-state index contributed by atoms with van der Waals surface area (Å²) in [6.07, 6.45) is 0. The highest BCUT2D eigenvalue weighted by atomic mass is 32.2. The average molecular weight is 381 g/mol. The third kappa shape index (κ3) is 3.48. The van der Waals surface area contributed by atoms with Crippen LogP contribution in [0.15, 0.2) is 53.7 Å². The van der Waals surface area contributed by atoms with Gasteiger partial charge in [0, 0.05) is 17.6 Å². The fourth-order valence-corrected chi connectivity index (χ4v) is 3.51. The zero-order valence-electron chi connectivity index (χ0n) is 14.5. The second-order valence-electron chi connectivity index (χ2n) is 5.87. The molecule has 0 spiro atoms. The summed E-state index contributed by atoms with van der Waals surface area (Å²) >= 11 is 1.21. The van der Waals surface area contributed by atoms with Gasteiger partial charge in [0.25, 0.3) is 0 Å². The molecule has 0 aliphatic carbocycles. The van der Waals surface area contributed by atoms with Crippen molar-refractivity contribution in [2.75, 3.05) is 11.1 Å². The van der Waals surface area contributed by atoms with E-state index in [9.17, 15) is 9.18 Å². The molecule has 2 aromatic carbocycles. The van der Waals surface area contributed by atoms with Crippen LogP contribution in [0.2, 0.25) is 0 Å². The second kappa shape index (κ2) is 7.32. The summed E-state index contributed by atoms with van der Waals surface area (Å²) in [6, 6.07) is 13.6. The van der Waals surface area contributed by atoms with Gasteiger partial charge in [0.05, 0.1) is 11.3 Å². The number of rotatable bonds is 5. The SMILES string of the molecule is CCn1c2ccccc2c2nnc(SCC(=O)Nc3ccc(F)cc3)nc21. The molecule has 0 aliphatic rings. The first-order valence-corrected chi connectivity index (χ1v) is 9.44. The van der Waals surface area contributed by atoms with E-state index in [1.807, 2.05) is 24.3 Å². The molecule has 0 atom stereocenters. The van der Waals surface area contributed by atoms with E-state index in [4.69, 9.17) is 0 Å². The maximum Gasteiger partial charge on any atom is 0.234 e. The number of amides is 1. The Morgan fingerprint density at radius 2 is 1.93 bits per heavy atom. The summed E-state index contributed by atoms with van der Waals surface area (Å²) in [7, 11) is 0. The molecule has 0 bridgehead atoms. The number of nitrogens with one attached hydrogen (secondary N) is 1. The Kier molecular flexibility index (Phi) is 4.72. The topological polar surface area (TPSA) is 72.7 Å². The van der Waals surface area contributed by atoms with Crippen LogP contribution in [0.5, 0.6) is 0 Å². The number of aryl methyl sites for hydroxylation is 1. The van der Waals surface area contributed by atoms with Gasteiger partial charge in [0.1, 0.15) is 11.3 Å². The number of carbonyl (C=O) groups is 1. The van der Waals surface area contributed by atoms with Crippen molar-refractivity contribution in [1.29, 1.82) is 0 Å². The normalized spacial score (nSPS) is 11.2. The van der Waals surface area contributed by atoms with Crippen LogP contribution in [0.3, 0.4) is 0 Å². The van der Waals surface area contributed by atoms with E-state index in [-0.39, 0.29) is 17.5 Å². The second-order valence-corrected chi connectivity index (χ2v) is 6.81. The Labute approximate surface area is 158 Å². The number of benzene rings is 2. The first-order valence-electron chi connectivity index (χ1n) is 8.45. The minimum Gasteiger partial charge on any atom is -0.325 e. The molecular weight excluding hydrogens is 365 g/mol. The van der Waals surface area contributed by atoms with Gasteiger partial charge in [-0.1, -0.05) is 30.0 Å². The van der Waals surface area contributed by atoms with Gasteiger partial charge < -0.3 is 9.88 Å². The van der Waals surface area contributed by atoms with Gasteiger partial charge >= 0.3 is 0 Å². The molecule has 2 aromatic heterocycles. The van der Waals surface area contributed by atoms with E-state index < -0.39 is 0 Å². The number of hydrogen-bond acceptors (Lipinski definition) is 5. The van der Waals surface area contributed by atoms with Crippen molar-refractivity contribution in [3.05, 3.63) is 54.3 Å². The highest BCUT2D eigenvalue weighted by Gasteiger charge is 2.14. The van der Waals surface area contributed by atoms with Crippen molar-refractivity contribution in [2.24, 2.45) is 0 Å². The molecule has 4 rings (SSSR count). The van der Waals surface area contributed by atoms with Crippen LogP contribution in [0.25, 0.3) is 22.1 Å². The number of para-hydroxylation sites is 1. The predicted octanol–water partition coefficient (Wildman–Crippen LogP) is 3.87. The number of anilines is 1. The molecule has 0 saturated heterocycles. The van der Waals surface area contributed by atoms with Gasteiger partial charge in [0.15, 0.2) is 5.65 Å². The molecule has 0 unspecified atom stereocenters. The number of halogens is 1. The van der Waals surface area contributed by atoms with Gasteiger partial charge in [-0.05, 0) is 37.3 Å². The molecule has 0 saturated carbocycles. The molecule has 6 nitrogen and oxygen atoms in total.